The molecule has 1 aliphatic rings. The van der Waals surface area contributed by atoms with E-state index in [1.165, 1.54) is 45.9 Å². The highest BCUT2D eigenvalue weighted by molar-refractivity contribution is 8.32. The molecule has 0 spiro atoms. The molecule has 1 fully saturated rings. The second kappa shape index (κ2) is 7.64. The van der Waals surface area contributed by atoms with Gasteiger partial charge in [0.2, 0.25) is 0 Å². The predicted molar refractivity (Wildman–Crippen MR) is 138 cm³/mol. The number of pyridine rings is 1. The van der Waals surface area contributed by atoms with Crippen molar-refractivity contribution in [2.45, 2.75) is 56.3 Å². The SMILES string of the molecule is CC(C)(C)c1cnc(-c2ccc(C3(C)CCS(C)(C)CC3)cc2)cc1S(C)(C)C. The van der Waals surface area contributed by atoms with Crippen LogP contribution in [-0.4, -0.2) is 47.8 Å². The molecule has 1 saturated heterocycles. The first-order chi connectivity index (χ1) is 13.2. The maximum atomic E-state index is 4.88. The Morgan fingerprint density at radius 3 is 2.00 bits per heavy atom. The molecule has 0 unspecified atom stereocenters. The zero-order valence-electron chi connectivity index (χ0n) is 20.1. The molecule has 0 amide bonds. The fourth-order valence-electron chi connectivity index (χ4n) is 4.23. The molecule has 3 rings (SSSR count). The fraction of sp³-hybridized carbons (Fsp3) is 0.577. The van der Waals surface area contributed by atoms with E-state index in [1.807, 2.05) is 0 Å². The number of hydrogen-bond acceptors (Lipinski definition) is 1. The second-order valence-electron chi connectivity index (χ2n) is 11.5. The van der Waals surface area contributed by atoms with Gasteiger partial charge in [-0.05, 0) is 88.5 Å². The Kier molecular flexibility index (Phi) is 5.99. The number of aromatic nitrogens is 1. The summed E-state index contributed by atoms with van der Waals surface area (Å²) in [6.07, 6.45) is 16.9. The van der Waals surface area contributed by atoms with E-state index in [4.69, 9.17) is 4.98 Å². The van der Waals surface area contributed by atoms with Gasteiger partial charge in [0.1, 0.15) is 0 Å². The summed E-state index contributed by atoms with van der Waals surface area (Å²) in [6, 6.07) is 11.7. The van der Waals surface area contributed by atoms with Gasteiger partial charge in [0.15, 0.2) is 0 Å². The lowest BCUT2D eigenvalue weighted by Crippen LogP contribution is -2.32. The van der Waals surface area contributed by atoms with Gasteiger partial charge in [-0.25, -0.2) is 20.1 Å². The number of rotatable bonds is 3. The van der Waals surface area contributed by atoms with Gasteiger partial charge in [-0.2, -0.15) is 0 Å². The molecule has 1 aliphatic heterocycles. The average molecular weight is 432 g/mol. The summed E-state index contributed by atoms with van der Waals surface area (Å²) >= 11 is 0. The smallest absolute Gasteiger partial charge is 0.0712 e. The molecule has 0 saturated carbocycles. The molecule has 0 atom stereocenters. The Bertz CT molecular complexity index is 857. The second-order valence-corrected chi connectivity index (χ2v) is 19.9. The van der Waals surface area contributed by atoms with Gasteiger partial charge in [-0.15, -0.1) is 0 Å². The van der Waals surface area contributed by atoms with E-state index in [-0.39, 0.29) is 15.4 Å². The largest absolute Gasteiger partial charge is 0.256 e. The summed E-state index contributed by atoms with van der Waals surface area (Å²) in [4.78, 5) is 6.37. The molecule has 1 aromatic carbocycles. The lowest BCUT2D eigenvalue weighted by Gasteiger charge is -2.45. The molecule has 29 heavy (non-hydrogen) atoms. The van der Waals surface area contributed by atoms with Crippen LogP contribution in [0.2, 0.25) is 0 Å². The molecule has 0 N–H and O–H groups in total. The average Bonchev–Trinajstić information content (AvgIpc) is 2.63. The van der Waals surface area contributed by atoms with Crippen LogP contribution in [-0.2, 0) is 10.8 Å². The minimum Gasteiger partial charge on any atom is -0.256 e. The first kappa shape index (κ1) is 22.7. The van der Waals surface area contributed by atoms with Crippen LogP contribution >= 0.6 is 20.1 Å². The predicted octanol–water partition coefficient (Wildman–Crippen LogP) is 7.21. The van der Waals surface area contributed by atoms with Gasteiger partial charge in [-0.1, -0.05) is 52.0 Å². The first-order valence-corrected chi connectivity index (χ1v) is 16.3. The van der Waals surface area contributed by atoms with Crippen LogP contribution in [0, 0.1) is 0 Å². The molecule has 0 radical (unpaired) electrons. The van der Waals surface area contributed by atoms with Gasteiger partial charge in [0.25, 0.3) is 0 Å². The molecule has 2 aromatic rings. The van der Waals surface area contributed by atoms with Crippen molar-refractivity contribution in [3.8, 4) is 11.3 Å². The van der Waals surface area contributed by atoms with Crippen molar-refractivity contribution < 1.29 is 0 Å². The molecule has 3 heteroatoms. The van der Waals surface area contributed by atoms with Crippen molar-refractivity contribution in [1.29, 1.82) is 0 Å². The molecular weight excluding hydrogens is 390 g/mol. The third-order valence-corrected chi connectivity index (χ3v) is 10.9. The molecular formula is C26H41NS2. The van der Waals surface area contributed by atoms with Crippen LogP contribution in [0.4, 0.5) is 0 Å². The number of nitrogens with zero attached hydrogens (tertiary/aromatic N) is 1. The van der Waals surface area contributed by atoms with Gasteiger partial charge >= 0.3 is 0 Å². The van der Waals surface area contributed by atoms with Crippen molar-refractivity contribution >= 4 is 20.1 Å². The minimum atomic E-state index is -0.831. The minimum absolute atomic E-state index is 0.121. The Labute approximate surface area is 182 Å². The van der Waals surface area contributed by atoms with E-state index in [0.717, 1.165) is 5.69 Å². The quantitative estimate of drug-likeness (QED) is 0.500. The summed E-state index contributed by atoms with van der Waals surface area (Å²) in [7, 11) is -1.19. The first-order valence-electron chi connectivity index (χ1n) is 10.7. The van der Waals surface area contributed by atoms with E-state index in [2.05, 4.69) is 95.5 Å². The molecule has 2 heterocycles. The van der Waals surface area contributed by atoms with Crippen LogP contribution in [0.3, 0.4) is 0 Å². The van der Waals surface area contributed by atoms with Gasteiger partial charge in [0.05, 0.1) is 5.69 Å². The maximum absolute atomic E-state index is 4.88. The Morgan fingerprint density at radius 2 is 1.52 bits per heavy atom. The molecule has 162 valence electrons. The van der Waals surface area contributed by atoms with Crippen molar-refractivity contribution in [1.82, 2.24) is 4.98 Å². The van der Waals surface area contributed by atoms with Gasteiger partial charge < -0.3 is 0 Å². The maximum Gasteiger partial charge on any atom is 0.0712 e. The lowest BCUT2D eigenvalue weighted by atomic mass is 9.77. The summed E-state index contributed by atoms with van der Waals surface area (Å²) in [6.45, 7) is 9.34. The van der Waals surface area contributed by atoms with Crippen molar-refractivity contribution in [3.05, 3.63) is 47.7 Å². The summed E-state index contributed by atoms with van der Waals surface area (Å²) in [5.41, 5.74) is 5.71. The number of benzene rings is 1. The summed E-state index contributed by atoms with van der Waals surface area (Å²) < 4.78 is 0. The topological polar surface area (TPSA) is 12.9 Å². The summed E-state index contributed by atoms with van der Waals surface area (Å²) in [5, 5.41) is 0. The van der Waals surface area contributed by atoms with E-state index in [0.29, 0.717) is 5.41 Å². The monoisotopic (exact) mass is 431 g/mol. The van der Waals surface area contributed by atoms with Crippen LogP contribution in [0.25, 0.3) is 11.3 Å². The molecule has 1 aromatic heterocycles. The normalized spacial score (nSPS) is 20.9. The highest BCUT2D eigenvalue weighted by Gasteiger charge is 2.34. The van der Waals surface area contributed by atoms with E-state index in [1.54, 1.807) is 0 Å². The van der Waals surface area contributed by atoms with Gasteiger partial charge in [0, 0.05) is 11.8 Å². The third kappa shape index (κ3) is 5.05. The third-order valence-electron chi connectivity index (χ3n) is 6.62. The lowest BCUT2D eigenvalue weighted by molar-refractivity contribution is 0.433. The molecule has 0 bridgehead atoms. The van der Waals surface area contributed by atoms with Crippen LogP contribution in [0.1, 0.15) is 51.7 Å². The van der Waals surface area contributed by atoms with E-state index < -0.39 is 10.0 Å². The zero-order valence-corrected chi connectivity index (χ0v) is 21.7. The van der Waals surface area contributed by atoms with E-state index >= 15 is 0 Å². The Hall–Kier alpha value is -0.930. The standard InChI is InChI=1S/C26H41NS2/c1-25(2,3)22-19-27-23(18-24(22)28(5,6)7)20-10-12-21(13-11-20)26(4)14-16-29(8,9)17-15-26/h10-13,18-19H,14-17H2,1-9H3. The van der Waals surface area contributed by atoms with Gasteiger partial charge in [-0.3, -0.25) is 4.98 Å². The molecule has 1 nitrogen and oxygen atoms in total. The zero-order chi connectivity index (χ0) is 21.7. The van der Waals surface area contributed by atoms with Crippen LogP contribution in [0.15, 0.2) is 41.4 Å². The fourth-order valence-corrected chi connectivity index (χ4v) is 7.92. The highest BCUT2D eigenvalue weighted by atomic mass is 32.3. The van der Waals surface area contributed by atoms with Crippen LogP contribution < -0.4 is 0 Å². The Morgan fingerprint density at radius 1 is 0.966 bits per heavy atom. The van der Waals surface area contributed by atoms with Crippen LogP contribution in [0.5, 0.6) is 0 Å². The molecule has 0 aliphatic carbocycles. The Balaban J connectivity index is 1.93. The summed E-state index contributed by atoms with van der Waals surface area (Å²) in [5.74, 6) is 2.80. The number of hydrogen-bond donors (Lipinski definition) is 0. The van der Waals surface area contributed by atoms with Crippen molar-refractivity contribution in [2.24, 2.45) is 0 Å². The van der Waals surface area contributed by atoms with Crippen molar-refractivity contribution in [3.63, 3.8) is 0 Å². The highest BCUT2D eigenvalue weighted by Crippen LogP contribution is 2.52. The van der Waals surface area contributed by atoms with E-state index in [9.17, 15) is 0 Å². The van der Waals surface area contributed by atoms with Crippen molar-refractivity contribution in [2.75, 3.05) is 42.8 Å².